The van der Waals surface area contributed by atoms with E-state index in [1.807, 2.05) is 36.4 Å². The van der Waals surface area contributed by atoms with E-state index in [2.05, 4.69) is 69.9 Å². The third kappa shape index (κ3) is 4.72. The summed E-state index contributed by atoms with van der Waals surface area (Å²) in [6, 6.07) is 19.9. The van der Waals surface area contributed by atoms with Crippen molar-refractivity contribution >= 4 is 16.7 Å². The second-order valence-corrected chi connectivity index (χ2v) is 10.9. The lowest BCUT2D eigenvalue weighted by Gasteiger charge is -2.34. The van der Waals surface area contributed by atoms with Crippen LogP contribution in [0.15, 0.2) is 60.7 Å². The molecule has 0 aliphatic heterocycles. The van der Waals surface area contributed by atoms with Crippen LogP contribution in [0.1, 0.15) is 70.6 Å². The average Bonchev–Trinajstić information content (AvgIpc) is 3.15. The molecule has 1 unspecified atom stereocenters. The van der Waals surface area contributed by atoms with Gasteiger partial charge in [-0.1, -0.05) is 77.9 Å². The maximum Gasteiger partial charge on any atom is 0.146 e. The van der Waals surface area contributed by atoms with E-state index in [9.17, 15) is 5.11 Å². The summed E-state index contributed by atoms with van der Waals surface area (Å²) in [5, 5.41) is 20.7. The summed E-state index contributed by atoms with van der Waals surface area (Å²) >= 11 is 0. The number of hydrogen-bond donors (Lipinski definition) is 2. The molecule has 5 nitrogen and oxygen atoms in total. The minimum Gasteiger partial charge on any atom is -0.505 e. The number of fused-ring (bicyclic) bond motifs is 1. The summed E-state index contributed by atoms with van der Waals surface area (Å²) in [7, 11) is 0. The first-order valence-electron chi connectivity index (χ1n) is 11.5. The Kier molecular flexibility index (Phi) is 5.69. The van der Waals surface area contributed by atoms with Crippen LogP contribution in [-0.2, 0) is 5.41 Å². The number of anilines is 1. The molecular formula is C28H34N4O. The number of nitrogens with zero attached hydrogens (tertiary/aromatic N) is 3. The second-order valence-electron chi connectivity index (χ2n) is 10.9. The van der Waals surface area contributed by atoms with E-state index in [0.717, 1.165) is 28.6 Å². The molecule has 4 aromatic rings. The molecule has 4 rings (SSSR count). The lowest BCUT2D eigenvalue weighted by Crippen LogP contribution is -2.25. The number of aromatic hydroxyl groups is 1. The van der Waals surface area contributed by atoms with Crippen molar-refractivity contribution in [3.05, 3.63) is 77.4 Å². The molecule has 0 amide bonds. The van der Waals surface area contributed by atoms with Gasteiger partial charge in [-0.2, -0.15) is 0 Å². The van der Waals surface area contributed by atoms with E-state index in [-0.39, 0.29) is 22.5 Å². The number of phenols is 1. The maximum absolute atomic E-state index is 11.5. The maximum atomic E-state index is 11.5. The molecule has 172 valence electrons. The predicted molar refractivity (Wildman–Crippen MR) is 136 cm³/mol. The molecule has 0 saturated carbocycles. The normalized spacial score (nSPS) is 13.4. The second kappa shape index (κ2) is 8.22. The zero-order valence-corrected chi connectivity index (χ0v) is 20.4. The SMILES string of the molecule is CC(c1ccccc1)c1cc(C(C)(C)CC(C)(C)C)cc(-n2nc3ccc(N)cc3n2)c1O. The number of hydrogen-bond acceptors (Lipinski definition) is 4. The van der Waals surface area contributed by atoms with Crippen molar-refractivity contribution in [2.45, 2.75) is 59.3 Å². The first kappa shape index (κ1) is 22.8. The standard InChI is InChI=1S/C28H34N4O/c1-18(19-10-8-7-9-11-19)22-14-20(28(5,6)17-27(2,3)4)15-25(26(22)33)32-30-23-13-12-21(29)16-24(23)31-32/h7-16,18,33H,17,29H2,1-6H3. The van der Waals surface area contributed by atoms with Crippen molar-refractivity contribution in [3.63, 3.8) is 0 Å². The molecule has 0 saturated heterocycles. The van der Waals surface area contributed by atoms with Gasteiger partial charge in [0.2, 0.25) is 0 Å². The summed E-state index contributed by atoms with van der Waals surface area (Å²) in [4.78, 5) is 1.54. The first-order valence-corrected chi connectivity index (χ1v) is 11.5. The topological polar surface area (TPSA) is 77.0 Å². The highest BCUT2D eigenvalue weighted by molar-refractivity contribution is 5.78. The summed E-state index contributed by atoms with van der Waals surface area (Å²) in [5.74, 6) is 0.214. The zero-order valence-electron chi connectivity index (χ0n) is 20.4. The minimum atomic E-state index is -0.108. The van der Waals surface area contributed by atoms with Crippen molar-refractivity contribution < 1.29 is 5.11 Å². The van der Waals surface area contributed by atoms with Gasteiger partial charge in [0.05, 0.1) is 0 Å². The Hall–Kier alpha value is -3.34. The fourth-order valence-corrected chi connectivity index (χ4v) is 4.90. The highest BCUT2D eigenvalue weighted by Gasteiger charge is 2.30. The molecule has 0 fully saturated rings. The van der Waals surface area contributed by atoms with Crippen LogP contribution in [-0.4, -0.2) is 20.1 Å². The van der Waals surface area contributed by atoms with Gasteiger partial charge < -0.3 is 10.8 Å². The number of rotatable bonds is 5. The van der Waals surface area contributed by atoms with Gasteiger partial charge in [-0.3, -0.25) is 0 Å². The largest absolute Gasteiger partial charge is 0.505 e. The van der Waals surface area contributed by atoms with Crippen LogP contribution >= 0.6 is 0 Å². The lowest BCUT2D eigenvalue weighted by atomic mass is 9.71. The van der Waals surface area contributed by atoms with Gasteiger partial charge in [-0.25, -0.2) is 0 Å². The van der Waals surface area contributed by atoms with Crippen LogP contribution in [0, 0.1) is 5.41 Å². The third-order valence-corrected chi connectivity index (χ3v) is 6.26. The Labute approximate surface area is 196 Å². The Bertz CT molecular complexity index is 1280. The molecule has 1 atom stereocenters. The van der Waals surface area contributed by atoms with Crippen LogP contribution in [0.3, 0.4) is 0 Å². The summed E-state index contributed by atoms with van der Waals surface area (Å²) in [6.45, 7) is 13.4. The molecule has 1 aromatic heterocycles. The fraction of sp³-hybridized carbons (Fsp3) is 0.357. The van der Waals surface area contributed by atoms with Crippen molar-refractivity contribution in [1.82, 2.24) is 15.0 Å². The Balaban J connectivity index is 1.92. The average molecular weight is 443 g/mol. The molecule has 0 aliphatic carbocycles. The van der Waals surface area contributed by atoms with Gasteiger partial charge in [0.15, 0.2) is 0 Å². The molecule has 3 N–H and O–H groups in total. The van der Waals surface area contributed by atoms with E-state index >= 15 is 0 Å². The van der Waals surface area contributed by atoms with Gasteiger partial charge in [0.25, 0.3) is 0 Å². The predicted octanol–water partition coefficient (Wildman–Crippen LogP) is 6.57. The molecule has 0 bridgehead atoms. The van der Waals surface area contributed by atoms with Gasteiger partial charge in [-0.15, -0.1) is 15.0 Å². The summed E-state index contributed by atoms with van der Waals surface area (Å²) < 4.78 is 0. The number of phenolic OH excluding ortho intramolecular Hbond substituents is 1. The van der Waals surface area contributed by atoms with Crippen molar-refractivity contribution in [2.24, 2.45) is 5.41 Å². The highest BCUT2D eigenvalue weighted by atomic mass is 16.3. The molecule has 1 heterocycles. The molecule has 0 aliphatic rings. The minimum absolute atomic E-state index is 0.0101. The Morgan fingerprint density at radius 1 is 0.909 bits per heavy atom. The van der Waals surface area contributed by atoms with Gasteiger partial charge in [-0.05, 0) is 52.6 Å². The zero-order chi connectivity index (χ0) is 24.0. The van der Waals surface area contributed by atoms with Crippen molar-refractivity contribution in [3.8, 4) is 11.4 Å². The highest BCUT2D eigenvalue weighted by Crippen LogP contribution is 2.42. The monoisotopic (exact) mass is 442 g/mol. The number of nitrogen functional groups attached to an aromatic ring is 1. The van der Waals surface area contributed by atoms with Crippen molar-refractivity contribution in [1.29, 1.82) is 0 Å². The third-order valence-electron chi connectivity index (χ3n) is 6.26. The van der Waals surface area contributed by atoms with Crippen molar-refractivity contribution in [2.75, 3.05) is 5.73 Å². The lowest BCUT2D eigenvalue weighted by molar-refractivity contribution is 0.283. The molecule has 0 radical (unpaired) electrons. The Morgan fingerprint density at radius 2 is 1.58 bits per heavy atom. The molecular weight excluding hydrogens is 408 g/mol. The molecule has 3 aromatic carbocycles. The number of aromatic nitrogens is 3. The van der Waals surface area contributed by atoms with Crippen LogP contribution in [0.25, 0.3) is 16.7 Å². The van der Waals surface area contributed by atoms with Crippen LogP contribution < -0.4 is 5.73 Å². The van der Waals surface area contributed by atoms with E-state index < -0.39 is 0 Å². The van der Waals surface area contributed by atoms with Crippen LogP contribution in [0.4, 0.5) is 5.69 Å². The Morgan fingerprint density at radius 3 is 2.24 bits per heavy atom. The summed E-state index contributed by atoms with van der Waals surface area (Å²) in [6.07, 6.45) is 0.994. The van der Waals surface area contributed by atoms with E-state index in [4.69, 9.17) is 5.73 Å². The number of nitrogens with two attached hydrogens (primary N) is 1. The van der Waals surface area contributed by atoms with Gasteiger partial charge in [0.1, 0.15) is 22.5 Å². The first-order chi connectivity index (χ1) is 15.4. The van der Waals surface area contributed by atoms with E-state index in [1.54, 1.807) is 6.07 Å². The smallest absolute Gasteiger partial charge is 0.146 e. The van der Waals surface area contributed by atoms with Crippen LogP contribution in [0.5, 0.6) is 5.75 Å². The summed E-state index contributed by atoms with van der Waals surface area (Å²) in [5.41, 5.74) is 11.8. The molecule has 0 spiro atoms. The molecule has 5 heteroatoms. The number of benzene rings is 3. The fourth-order valence-electron chi connectivity index (χ4n) is 4.90. The van der Waals surface area contributed by atoms with Gasteiger partial charge in [0, 0.05) is 17.2 Å². The molecule has 33 heavy (non-hydrogen) atoms. The van der Waals surface area contributed by atoms with Crippen LogP contribution in [0.2, 0.25) is 0 Å². The van der Waals surface area contributed by atoms with E-state index in [1.165, 1.54) is 4.80 Å². The quantitative estimate of drug-likeness (QED) is 0.343. The van der Waals surface area contributed by atoms with E-state index in [0.29, 0.717) is 16.9 Å². The van der Waals surface area contributed by atoms with Gasteiger partial charge >= 0.3 is 0 Å².